The second-order valence-electron chi connectivity index (χ2n) is 8.10. The highest BCUT2D eigenvalue weighted by molar-refractivity contribution is 7.22. The molecule has 2 aliphatic heterocycles. The number of para-hydroxylation sites is 1. The van der Waals surface area contributed by atoms with E-state index in [4.69, 9.17) is 4.98 Å². The number of hydrogen-bond donors (Lipinski definition) is 2. The van der Waals surface area contributed by atoms with Crippen LogP contribution in [0.5, 0.6) is 0 Å². The summed E-state index contributed by atoms with van der Waals surface area (Å²) < 4.78 is 1.25. The Balaban J connectivity index is 0.00000112. The van der Waals surface area contributed by atoms with Gasteiger partial charge in [0.25, 0.3) is 0 Å². The number of amides is 1. The molecule has 1 atom stereocenters. The quantitative estimate of drug-likeness (QED) is 0.761. The van der Waals surface area contributed by atoms with Gasteiger partial charge < -0.3 is 15.5 Å². The molecule has 3 fully saturated rings. The van der Waals surface area contributed by atoms with Gasteiger partial charge in [0.2, 0.25) is 5.91 Å². The van der Waals surface area contributed by atoms with Crippen molar-refractivity contribution >= 4 is 57.4 Å². The Morgan fingerprint density at radius 3 is 2.61 bits per heavy atom. The Kier molecular flexibility index (Phi) is 6.75. The van der Waals surface area contributed by atoms with Crippen molar-refractivity contribution in [1.29, 1.82) is 0 Å². The fourth-order valence-corrected chi connectivity index (χ4v) is 5.73. The van der Waals surface area contributed by atoms with Crippen LogP contribution in [0.1, 0.15) is 32.1 Å². The number of nitrogens with zero attached hydrogens (tertiary/aromatic N) is 2. The van der Waals surface area contributed by atoms with Crippen molar-refractivity contribution in [2.75, 3.05) is 31.1 Å². The number of halogens is 2. The molecular weight excluding hydrogens is 415 g/mol. The molecule has 1 spiro atoms. The molecule has 3 heterocycles. The molecule has 1 amide bonds. The van der Waals surface area contributed by atoms with E-state index in [0.717, 1.165) is 56.1 Å². The van der Waals surface area contributed by atoms with E-state index in [-0.39, 0.29) is 30.7 Å². The smallest absolute Gasteiger partial charge is 0.223 e. The third-order valence-electron chi connectivity index (χ3n) is 6.50. The molecule has 0 radical (unpaired) electrons. The second-order valence-corrected chi connectivity index (χ2v) is 9.11. The van der Waals surface area contributed by atoms with E-state index in [1.807, 2.05) is 6.07 Å². The Morgan fingerprint density at radius 1 is 1.18 bits per heavy atom. The molecule has 28 heavy (non-hydrogen) atoms. The predicted molar refractivity (Wildman–Crippen MR) is 120 cm³/mol. The van der Waals surface area contributed by atoms with Crippen LogP contribution >= 0.6 is 36.2 Å². The monoisotopic (exact) mass is 442 g/mol. The molecule has 2 N–H and O–H groups in total. The number of benzene rings is 1. The highest BCUT2D eigenvalue weighted by atomic mass is 35.5. The third kappa shape index (κ3) is 4.11. The van der Waals surface area contributed by atoms with Crippen molar-refractivity contribution in [3.05, 3.63) is 24.3 Å². The molecule has 2 saturated heterocycles. The zero-order valence-corrected chi connectivity index (χ0v) is 18.3. The number of carbonyl (C=O) groups excluding carboxylic acids is 1. The van der Waals surface area contributed by atoms with Gasteiger partial charge in [-0.25, -0.2) is 4.98 Å². The Labute approximate surface area is 182 Å². The number of rotatable bonds is 3. The number of carbonyl (C=O) groups is 1. The van der Waals surface area contributed by atoms with Gasteiger partial charge in [-0.1, -0.05) is 23.5 Å². The van der Waals surface area contributed by atoms with Crippen LogP contribution in [0.3, 0.4) is 0 Å². The van der Waals surface area contributed by atoms with E-state index >= 15 is 0 Å². The van der Waals surface area contributed by atoms with Gasteiger partial charge in [0.15, 0.2) is 5.13 Å². The lowest BCUT2D eigenvalue weighted by Gasteiger charge is -2.32. The lowest BCUT2D eigenvalue weighted by Crippen LogP contribution is -2.45. The van der Waals surface area contributed by atoms with Crippen LogP contribution < -0.4 is 15.5 Å². The Morgan fingerprint density at radius 2 is 1.89 bits per heavy atom. The number of piperidine rings is 2. The van der Waals surface area contributed by atoms with Gasteiger partial charge in [-0.2, -0.15) is 0 Å². The van der Waals surface area contributed by atoms with Gasteiger partial charge in [0.05, 0.1) is 10.2 Å². The first-order valence-electron chi connectivity index (χ1n) is 9.85. The zero-order valence-electron chi connectivity index (χ0n) is 15.9. The third-order valence-corrected chi connectivity index (χ3v) is 7.60. The first kappa shape index (κ1) is 21.6. The minimum atomic E-state index is 0. The minimum Gasteiger partial charge on any atom is -0.353 e. The number of hydrogen-bond acceptors (Lipinski definition) is 5. The SMILES string of the molecule is Cl.Cl.O=C(NC1CCN(c2nc3ccccc3s2)CC1)C1CC12CCNCC2. The van der Waals surface area contributed by atoms with E-state index in [1.165, 1.54) is 17.5 Å². The molecule has 3 aliphatic rings. The van der Waals surface area contributed by atoms with Crippen LogP contribution in [-0.2, 0) is 4.79 Å². The van der Waals surface area contributed by atoms with Crippen LogP contribution in [0, 0.1) is 11.3 Å². The maximum absolute atomic E-state index is 12.7. The lowest BCUT2D eigenvalue weighted by molar-refractivity contribution is -0.124. The van der Waals surface area contributed by atoms with Crippen LogP contribution in [0.25, 0.3) is 10.2 Å². The van der Waals surface area contributed by atoms with Gasteiger partial charge in [-0.05, 0) is 62.7 Å². The number of fused-ring (bicyclic) bond motifs is 1. The van der Waals surface area contributed by atoms with E-state index in [1.54, 1.807) is 11.3 Å². The van der Waals surface area contributed by atoms with Crippen molar-refractivity contribution in [1.82, 2.24) is 15.6 Å². The van der Waals surface area contributed by atoms with E-state index in [9.17, 15) is 4.79 Å². The van der Waals surface area contributed by atoms with Crippen molar-refractivity contribution in [3.63, 3.8) is 0 Å². The largest absolute Gasteiger partial charge is 0.353 e. The number of thiazole rings is 1. The molecule has 1 saturated carbocycles. The fourth-order valence-electron chi connectivity index (χ4n) is 4.71. The van der Waals surface area contributed by atoms with Gasteiger partial charge in [-0.15, -0.1) is 24.8 Å². The highest BCUT2D eigenvalue weighted by Crippen LogP contribution is 2.58. The van der Waals surface area contributed by atoms with Crippen molar-refractivity contribution in [3.8, 4) is 0 Å². The topological polar surface area (TPSA) is 57.3 Å². The molecule has 2 aromatic rings. The van der Waals surface area contributed by atoms with Gasteiger partial charge in [-0.3, -0.25) is 4.79 Å². The Hall–Kier alpha value is -1.08. The molecule has 1 unspecified atom stereocenters. The summed E-state index contributed by atoms with van der Waals surface area (Å²) >= 11 is 1.77. The zero-order chi connectivity index (χ0) is 17.6. The van der Waals surface area contributed by atoms with Crippen molar-refractivity contribution in [2.24, 2.45) is 11.3 Å². The minimum absolute atomic E-state index is 0. The molecule has 5 nitrogen and oxygen atoms in total. The fraction of sp³-hybridized carbons (Fsp3) is 0.600. The molecule has 1 aromatic carbocycles. The summed E-state index contributed by atoms with van der Waals surface area (Å²) in [5.74, 6) is 0.581. The first-order valence-corrected chi connectivity index (χ1v) is 10.7. The number of nitrogens with one attached hydrogen (secondary N) is 2. The van der Waals surface area contributed by atoms with Crippen LogP contribution in [0.15, 0.2) is 24.3 Å². The summed E-state index contributed by atoms with van der Waals surface area (Å²) in [5, 5.41) is 7.87. The summed E-state index contributed by atoms with van der Waals surface area (Å²) in [7, 11) is 0. The second kappa shape index (κ2) is 8.74. The number of anilines is 1. The maximum Gasteiger partial charge on any atom is 0.223 e. The molecule has 154 valence electrons. The summed E-state index contributed by atoms with van der Waals surface area (Å²) in [5.41, 5.74) is 1.42. The standard InChI is InChI=1S/C20H26N4OS.2ClH/c25-18(15-13-20(15)7-9-21-10-8-20)22-14-5-11-24(12-6-14)19-23-16-3-1-2-4-17(16)26-19;;/h1-4,14-15,21H,5-13H2,(H,22,25);2*1H. The van der Waals surface area contributed by atoms with Gasteiger partial charge in [0.1, 0.15) is 0 Å². The first-order chi connectivity index (χ1) is 12.7. The molecule has 0 bridgehead atoms. The molecular formula is C20H28Cl2N4OS. The lowest BCUT2D eigenvalue weighted by atomic mass is 9.91. The van der Waals surface area contributed by atoms with Crippen LogP contribution in [0.2, 0.25) is 0 Å². The summed E-state index contributed by atoms with van der Waals surface area (Å²) in [6.07, 6.45) is 5.47. The van der Waals surface area contributed by atoms with E-state index in [2.05, 4.69) is 33.7 Å². The summed E-state index contributed by atoms with van der Waals surface area (Å²) in [6, 6.07) is 8.65. The molecule has 8 heteroatoms. The molecule has 5 rings (SSSR count). The predicted octanol–water partition coefficient (Wildman–Crippen LogP) is 3.61. The van der Waals surface area contributed by atoms with E-state index < -0.39 is 0 Å². The van der Waals surface area contributed by atoms with Crippen molar-refractivity contribution in [2.45, 2.75) is 38.1 Å². The average Bonchev–Trinajstić information content (AvgIpc) is 3.18. The Bertz CT molecular complexity index is 782. The van der Waals surface area contributed by atoms with Gasteiger partial charge >= 0.3 is 0 Å². The maximum atomic E-state index is 12.7. The normalized spacial score (nSPS) is 23.7. The number of aromatic nitrogens is 1. The summed E-state index contributed by atoms with van der Waals surface area (Å²) in [4.78, 5) is 19.8. The average molecular weight is 443 g/mol. The van der Waals surface area contributed by atoms with E-state index in [0.29, 0.717) is 17.4 Å². The van der Waals surface area contributed by atoms with Crippen molar-refractivity contribution < 1.29 is 4.79 Å². The van der Waals surface area contributed by atoms with Crippen LogP contribution in [-0.4, -0.2) is 43.1 Å². The summed E-state index contributed by atoms with van der Waals surface area (Å²) in [6.45, 7) is 4.10. The molecule has 1 aromatic heterocycles. The van der Waals surface area contributed by atoms with Crippen LogP contribution in [0.4, 0.5) is 5.13 Å². The van der Waals surface area contributed by atoms with Gasteiger partial charge in [0, 0.05) is 25.0 Å². The molecule has 1 aliphatic carbocycles. The highest BCUT2D eigenvalue weighted by Gasteiger charge is 2.57.